The van der Waals surface area contributed by atoms with Crippen molar-refractivity contribution >= 4 is 39.3 Å². The van der Waals surface area contributed by atoms with Crippen LogP contribution in [0.5, 0.6) is 0 Å². The van der Waals surface area contributed by atoms with Crippen molar-refractivity contribution in [3.8, 4) is 56.3 Å². The fourth-order valence-corrected chi connectivity index (χ4v) is 7.10. The van der Waals surface area contributed by atoms with Gasteiger partial charge in [0.05, 0.1) is 0 Å². The monoisotopic (exact) mass is 707 g/mol. The van der Waals surface area contributed by atoms with Crippen LogP contribution in [0, 0.1) is 0 Å². The first-order valence-corrected chi connectivity index (χ1v) is 18.3. The summed E-state index contributed by atoms with van der Waals surface area (Å²) in [7, 11) is 0. The van der Waals surface area contributed by atoms with Gasteiger partial charge in [0.2, 0.25) is 11.8 Å². The topological polar surface area (TPSA) is 55.3 Å². The lowest BCUT2D eigenvalue weighted by Crippen LogP contribution is -2.09. The Hall–Kier alpha value is -7.50. The van der Waals surface area contributed by atoms with Gasteiger partial charge in [-0.05, 0) is 118 Å². The predicted molar refractivity (Wildman–Crippen MR) is 223 cm³/mol. The molecule has 0 bridgehead atoms. The first-order chi connectivity index (χ1) is 27.2. The van der Waals surface area contributed by atoms with Crippen LogP contribution in [0.3, 0.4) is 0 Å². The van der Waals surface area contributed by atoms with E-state index in [-0.39, 0.29) is 0 Å². The predicted octanol–water partition coefficient (Wildman–Crippen LogP) is 13.8. The first-order valence-electron chi connectivity index (χ1n) is 18.3. The van der Waals surface area contributed by atoms with E-state index in [0.29, 0.717) is 11.8 Å². The maximum atomic E-state index is 6.16. The fourth-order valence-electron chi connectivity index (χ4n) is 7.10. The van der Waals surface area contributed by atoms with Gasteiger partial charge >= 0.3 is 0 Å². The highest BCUT2D eigenvalue weighted by Crippen LogP contribution is 2.38. The normalized spacial score (nSPS) is 11.3. The van der Waals surface area contributed by atoms with Gasteiger partial charge in [0, 0.05) is 28.2 Å². The number of oxazole rings is 2. The number of hydrogen-bond acceptors (Lipinski definition) is 5. The molecule has 0 fully saturated rings. The number of anilines is 3. The van der Waals surface area contributed by atoms with Gasteiger partial charge in [-0.1, -0.05) is 115 Å². The molecule has 0 aliphatic rings. The fraction of sp³-hybridized carbons (Fsp3) is 0. The lowest BCUT2D eigenvalue weighted by atomic mass is 9.99. The van der Waals surface area contributed by atoms with E-state index < -0.39 is 0 Å². The lowest BCUT2D eigenvalue weighted by molar-refractivity contribution is 0.619. The van der Waals surface area contributed by atoms with Crippen LogP contribution >= 0.6 is 0 Å². The minimum atomic E-state index is 0.629. The molecule has 0 saturated carbocycles. The Labute approximate surface area is 318 Å². The zero-order valence-electron chi connectivity index (χ0n) is 29.7. The molecule has 10 rings (SSSR count). The van der Waals surface area contributed by atoms with Crippen LogP contribution in [0.4, 0.5) is 17.1 Å². The molecular weight excluding hydrogens is 675 g/mol. The molecule has 260 valence electrons. The second-order valence-corrected chi connectivity index (χ2v) is 13.5. The minimum absolute atomic E-state index is 0.629. The zero-order chi connectivity index (χ0) is 36.6. The summed E-state index contributed by atoms with van der Waals surface area (Å²) in [6.45, 7) is 0. The number of aromatic nitrogens is 2. The van der Waals surface area contributed by atoms with Crippen LogP contribution in [0.2, 0.25) is 0 Å². The number of benzene rings is 8. The van der Waals surface area contributed by atoms with Crippen molar-refractivity contribution in [2.75, 3.05) is 4.90 Å². The molecule has 0 unspecified atom stereocenters. The van der Waals surface area contributed by atoms with Crippen molar-refractivity contribution in [1.82, 2.24) is 9.97 Å². The van der Waals surface area contributed by atoms with Crippen LogP contribution in [0.25, 0.3) is 78.5 Å². The molecule has 5 nitrogen and oxygen atoms in total. The molecule has 0 atom stereocenters. The van der Waals surface area contributed by atoms with Crippen LogP contribution < -0.4 is 4.90 Å². The summed E-state index contributed by atoms with van der Waals surface area (Å²) in [5.41, 5.74) is 15.1. The van der Waals surface area contributed by atoms with E-state index in [0.717, 1.165) is 83.8 Å². The SMILES string of the molecule is c1ccc(-c2nc3ccc(-c4ccc(-c5ccc(N(c6ccccc6)c6ccc(-c7ccc8nc(-c9ccccc9)oc8c7)cc6)cc5)cc4)cc3o2)cc1. The molecule has 8 aromatic carbocycles. The second kappa shape index (κ2) is 13.8. The maximum absolute atomic E-state index is 6.16. The van der Waals surface area contributed by atoms with Crippen molar-refractivity contribution in [2.24, 2.45) is 0 Å². The highest BCUT2D eigenvalue weighted by atomic mass is 16.4. The van der Waals surface area contributed by atoms with E-state index in [1.165, 1.54) is 0 Å². The van der Waals surface area contributed by atoms with Gasteiger partial charge in [-0.15, -0.1) is 0 Å². The Balaban J connectivity index is 0.899. The van der Waals surface area contributed by atoms with Gasteiger partial charge in [0.15, 0.2) is 11.2 Å². The molecule has 5 heteroatoms. The molecule has 0 N–H and O–H groups in total. The average Bonchev–Trinajstić information content (AvgIpc) is 3.90. The summed E-state index contributed by atoms with van der Waals surface area (Å²) in [4.78, 5) is 11.7. The third kappa shape index (κ3) is 6.34. The van der Waals surface area contributed by atoms with Gasteiger partial charge in [0.25, 0.3) is 0 Å². The van der Waals surface area contributed by atoms with Gasteiger partial charge in [0.1, 0.15) is 11.0 Å². The molecule has 55 heavy (non-hydrogen) atoms. The molecular formula is C50H33N3O2. The summed E-state index contributed by atoms with van der Waals surface area (Å²) in [6, 6.07) is 69.0. The van der Waals surface area contributed by atoms with E-state index in [2.05, 4.69) is 131 Å². The Bertz CT molecular complexity index is 2880. The molecule has 0 saturated heterocycles. The lowest BCUT2D eigenvalue weighted by Gasteiger charge is -2.26. The van der Waals surface area contributed by atoms with E-state index in [4.69, 9.17) is 13.8 Å². The Morgan fingerprint density at radius 1 is 0.291 bits per heavy atom. The molecule has 2 aromatic heterocycles. The molecule has 0 aliphatic heterocycles. The number of para-hydroxylation sites is 1. The highest BCUT2D eigenvalue weighted by molar-refractivity contribution is 5.85. The summed E-state index contributed by atoms with van der Waals surface area (Å²) >= 11 is 0. The highest BCUT2D eigenvalue weighted by Gasteiger charge is 2.15. The number of rotatable bonds is 8. The summed E-state index contributed by atoms with van der Waals surface area (Å²) in [5.74, 6) is 1.26. The third-order valence-corrected chi connectivity index (χ3v) is 9.97. The average molecular weight is 708 g/mol. The Kier molecular flexibility index (Phi) is 8.08. The largest absolute Gasteiger partial charge is 0.436 e. The van der Waals surface area contributed by atoms with Crippen LogP contribution in [0.15, 0.2) is 209 Å². The van der Waals surface area contributed by atoms with E-state index in [9.17, 15) is 0 Å². The summed E-state index contributed by atoms with van der Waals surface area (Å²) in [6.07, 6.45) is 0. The van der Waals surface area contributed by atoms with Gasteiger partial charge in [-0.2, -0.15) is 0 Å². The van der Waals surface area contributed by atoms with E-state index >= 15 is 0 Å². The van der Waals surface area contributed by atoms with Crippen molar-refractivity contribution in [1.29, 1.82) is 0 Å². The molecule has 0 aliphatic carbocycles. The number of fused-ring (bicyclic) bond motifs is 2. The Morgan fingerprint density at radius 3 is 1.04 bits per heavy atom. The standard InChI is InChI=1S/C50H33N3O2/c1-4-10-38(11-5-1)49-51-45-30-24-40(32-47(45)54-49)36-18-16-34(17-19-36)35-20-26-43(27-21-35)53(42-14-8-3-9-15-42)44-28-22-37(23-29-44)41-25-31-46-48(33-41)55-50(52-46)39-12-6-2-7-13-39/h1-33H. The summed E-state index contributed by atoms with van der Waals surface area (Å²) in [5, 5.41) is 0. The second-order valence-electron chi connectivity index (χ2n) is 13.5. The van der Waals surface area contributed by atoms with Crippen molar-refractivity contribution < 1.29 is 8.83 Å². The van der Waals surface area contributed by atoms with Gasteiger partial charge in [-0.25, -0.2) is 9.97 Å². The Morgan fingerprint density at radius 2 is 0.618 bits per heavy atom. The van der Waals surface area contributed by atoms with Crippen LogP contribution in [-0.4, -0.2) is 9.97 Å². The van der Waals surface area contributed by atoms with Gasteiger partial charge in [-0.3, -0.25) is 0 Å². The third-order valence-electron chi connectivity index (χ3n) is 9.97. The molecule has 0 radical (unpaired) electrons. The first kappa shape index (κ1) is 32.2. The van der Waals surface area contributed by atoms with Gasteiger partial charge < -0.3 is 13.7 Å². The smallest absolute Gasteiger partial charge is 0.227 e. The number of hydrogen-bond donors (Lipinski definition) is 0. The van der Waals surface area contributed by atoms with E-state index in [1.807, 2.05) is 78.9 Å². The van der Waals surface area contributed by atoms with Crippen LogP contribution in [0.1, 0.15) is 0 Å². The van der Waals surface area contributed by atoms with Crippen molar-refractivity contribution in [3.05, 3.63) is 200 Å². The van der Waals surface area contributed by atoms with Crippen molar-refractivity contribution in [2.45, 2.75) is 0 Å². The molecule has 0 spiro atoms. The molecule has 2 heterocycles. The number of nitrogens with zero attached hydrogens (tertiary/aromatic N) is 3. The molecule has 0 amide bonds. The summed E-state index contributed by atoms with van der Waals surface area (Å²) < 4.78 is 12.3. The maximum Gasteiger partial charge on any atom is 0.227 e. The van der Waals surface area contributed by atoms with E-state index in [1.54, 1.807) is 0 Å². The van der Waals surface area contributed by atoms with Crippen molar-refractivity contribution in [3.63, 3.8) is 0 Å². The minimum Gasteiger partial charge on any atom is -0.436 e. The zero-order valence-corrected chi connectivity index (χ0v) is 29.7. The van der Waals surface area contributed by atoms with Crippen LogP contribution in [-0.2, 0) is 0 Å². The quantitative estimate of drug-likeness (QED) is 0.157. The molecule has 10 aromatic rings.